The van der Waals surface area contributed by atoms with Gasteiger partial charge in [-0.25, -0.2) is 4.39 Å². The normalized spacial score (nSPS) is 11.9. The molecule has 0 spiro atoms. The smallest absolute Gasteiger partial charge is 0.259 e. The molecule has 2 aromatic carbocycles. The summed E-state index contributed by atoms with van der Waals surface area (Å²) in [6.07, 6.45) is 1.75. The Bertz CT molecular complexity index is 1700. The minimum atomic E-state index is -1.11. The van der Waals surface area contributed by atoms with Gasteiger partial charge in [-0.2, -0.15) is 0 Å². The Morgan fingerprint density at radius 2 is 1.76 bits per heavy atom. The van der Waals surface area contributed by atoms with E-state index in [-0.39, 0.29) is 11.4 Å². The summed E-state index contributed by atoms with van der Waals surface area (Å²) in [5.41, 5.74) is 2.13. The zero-order valence-corrected chi connectivity index (χ0v) is 22.2. The first-order chi connectivity index (χ1) is 17.4. The van der Waals surface area contributed by atoms with E-state index < -0.39 is 5.60 Å². The van der Waals surface area contributed by atoms with E-state index in [4.69, 9.17) is 9.15 Å². The van der Waals surface area contributed by atoms with E-state index in [0.29, 0.717) is 55.8 Å². The van der Waals surface area contributed by atoms with Gasteiger partial charge in [0, 0.05) is 31.3 Å². The van der Waals surface area contributed by atoms with Crippen LogP contribution in [0.25, 0.3) is 32.0 Å². The average molecular weight is 520 g/mol. The Balaban J connectivity index is 1.77. The quantitative estimate of drug-likeness (QED) is 0.289. The number of pyridine rings is 1. The third kappa shape index (κ3) is 4.56. The lowest BCUT2D eigenvalue weighted by atomic mass is 9.93. The van der Waals surface area contributed by atoms with Crippen molar-refractivity contribution in [1.82, 2.24) is 14.8 Å². The summed E-state index contributed by atoms with van der Waals surface area (Å²) < 4.78 is 28.2. The molecule has 37 heavy (non-hydrogen) atoms. The van der Waals surface area contributed by atoms with E-state index in [1.807, 2.05) is 6.07 Å². The number of hydrogen-bond acceptors (Lipinski definition) is 7. The molecule has 0 amide bonds. The molecule has 0 saturated carbocycles. The van der Waals surface area contributed by atoms with Crippen LogP contribution < -0.4 is 10.3 Å². The maximum atomic E-state index is 13.9. The second kappa shape index (κ2) is 8.93. The highest BCUT2D eigenvalue weighted by atomic mass is 32.1. The number of benzene rings is 2. The van der Waals surface area contributed by atoms with Gasteiger partial charge in [0.15, 0.2) is 0 Å². The maximum Gasteiger partial charge on any atom is 0.259 e. The molecule has 0 aliphatic rings. The first kappa shape index (κ1) is 24.9. The third-order valence-corrected chi connectivity index (χ3v) is 7.36. The Morgan fingerprint density at radius 3 is 2.38 bits per heavy atom. The topological polar surface area (TPSA) is 90.4 Å². The van der Waals surface area contributed by atoms with Crippen LogP contribution in [0.2, 0.25) is 0 Å². The number of aromatic nitrogens is 3. The fourth-order valence-corrected chi connectivity index (χ4v) is 5.42. The summed E-state index contributed by atoms with van der Waals surface area (Å²) in [7, 11) is 1.69. The number of aryl methyl sites for hydroxylation is 4. The molecule has 0 aliphatic carbocycles. The molecular weight excluding hydrogens is 493 g/mol. The average Bonchev–Trinajstić information content (AvgIpc) is 3.45. The number of thiophene rings is 1. The van der Waals surface area contributed by atoms with Crippen molar-refractivity contribution in [1.29, 1.82) is 0 Å². The largest absolute Gasteiger partial charge is 0.456 e. The van der Waals surface area contributed by atoms with Crippen LogP contribution >= 0.6 is 11.3 Å². The number of hydrogen-bond donors (Lipinski definition) is 1. The molecule has 5 aromatic rings. The minimum absolute atomic E-state index is 0.163. The summed E-state index contributed by atoms with van der Waals surface area (Å²) in [6, 6.07) is 10.1. The van der Waals surface area contributed by atoms with Crippen molar-refractivity contribution in [3.8, 4) is 33.4 Å². The van der Waals surface area contributed by atoms with Crippen molar-refractivity contribution in [2.45, 2.75) is 40.2 Å². The number of rotatable bonds is 5. The number of halogens is 1. The lowest BCUT2D eigenvalue weighted by Crippen LogP contribution is -2.17. The van der Waals surface area contributed by atoms with Gasteiger partial charge in [-0.3, -0.25) is 4.79 Å². The predicted molar refractivity (Wildman–Crippen MR) is 142 cm³/mol. The standard InChI is InChI=1S/C28H26FN3O4S/c1-14-9-18(29)10-15(2)24(14)36-22-8-7-17(28(4,5)34)11-19(22)21-13-32(6)27(33)20-12-23(37-25(20)21)26-31-30-16(3)35-26/h7-13,34H,1-6H3. The zero-order valence-electron chi connectivity index (χ0n) is 21.3. The van der Waals surface area contributed by atoms with Crippen molar-refractivity contribution < 1.29 is 18.7 Å². The van der Waals surface area contributed by atoms with Gasteiger partial charge >= 0.3 is 0 Å². The van der Waals surface area contributed by atoms with E-state index in [1.165, 1.54) is 28.0 Å². The van der Waals surface area contributed by atoms with E-state index >= 15 is 0 Å². The van der Waals surface area contributed by atoms with E-state index in [9.17, 15) is 14.3 Å². The van der Waals surface area contributed by atoms with Crippen molar-refractivity contribution in [3.05, 3.63) is 81.3 Å². The maximum absolute atomic E-state index is 13.9. The highest BCUT2D eigenvalue weighted by molar-refractivity contribution is 7.22. The molecule has 1 N–H and O–H groups in total. The molecule has 7 nitrogen and oxygen atoms in total. The molecule has 0 unspecified atom stereocenters. The van der Waals surface area contributed by atoms with Crippen LogP contribution in [-0.4, -0.2) is 19.9 Å². The van der Waals surface area contributed by atoms with Gasteiger partial charge in [0.25, 0.3) is 11.4 Å². The van der Waals surface area contributed by atoms with Gasteiger partial charge < -0.3 is 18.8 Å². The lowest BCUT2D eigenvalue weighted by molar-refractivity contribution is 0.0786. The van der Waals surface area contributed by atoms with Crippen LogP contribution in [0.1, 0.15) is 36.4 Å². The molecule has 9 heteroatoms. The zero-order chi connectivity index (χ0) is 26.6. The fraction of sp³-hybridized carbons (Fsp3) is 0.250. The van der Waals surface area contributed by atoms with Crippen molar-refractivity contribution in [2.75, 3.05) is 0 Å². The van der Waals surface area contributed by atoms with Crippen LogP contribution in [0.15, 0.2) is 51.8 Å². The number of ether oxygens (including phenoxy) is 1. The first-order valence-electron chi connectivity index (χ1n) is 11.7. The third-order valence-electron chi connectivity index (χ3n) is 6.20. The molecule has 0 aliphatic heterocycles. The van der Waals surface area contributed by atoms with Gasteiger partial charge in [-0.1, -0.05) is 6.07 Å². The van der Waals surface area contributed by atoms with Crippen molar-refractivity contribution >= 4 is 21.4 Å². The monoisotopic (exact) mass is 519 g/mol. The Morgan fingerprint density at radius 1 is 1.05 bits per heavy atom. The van der Waals surface area contributed by atoms with Gasteiger partial charge in [0.2, 0.25) is 5.89 Å². The van der Waals surface area contributed by atoms with Crippen molar-refractivity contribution in [2.24, 2.45) is 7.05 Å². The highest BCUT2D eigenvalue weighted by Gasteiger charge is 2.23. The van der Waals surface area contributed by atoms with Crippen LogP contribution in [0.5, 0.6) is 11.5 Å². The van der Waals surface area contributed by atoms with E-state index in [2.05, 4.69) is 10.2 Å². The van der Waals surface area contributed by atoms with Gasteiger partial charge in [0.1, 0.15) is 17.3 Å². The Hall–Kier alpha value is -3.82. The highest BCUT2D eigenvalue weighted by Crippen LogP contribution is 2.43. The molecule has 5 rings (SSSR count). The molecular formula is C28H26FN3O4S. The first-order valence-corrected chi connectivity index (χ1v) is 12.5. The fourth-order valence-electron chi connectivity index (χ4n) is 4.32. The molecule has 190 valence electrons. The van der Waals surface area contributed by atoms with E-state index in [1.54, 1.807) is 66.1 Å². The SMILES string of the molecule is Cc1nnc(-c2cc3c(=O)n(C)cc(-c4cc(C(C)(C)O)ccc4Oc4c(C)cc(F)cc4C)c3s2)o1. The van der Waals surface area contributed by atoms with Gasteiger partial charge in [-0.05, 0) is 74.7 Å². The Kier molecular flexibility index (Phi) is 6.00. The number of aliphatic hydroxyl groups is 1. The molecule has 0 radical (unpaired) electrons. The predicted octanol–water partition coefficient (Wildman–Crippen LogP) is 6.40. The van der Waals surface area contributed by atoms with E-state index in [0.717, 1.165) is 10.3 Å². The molecule has 0 saturated heterocycles. The number of fused-ring (bicyclic) bond motifs is 1. The second-order valence-corrected chi connectivity index (χ2v) is 10.7. The molecule has 0 fully saturated rings. The summed E-state index contributed by atoms with van der Waals surface area (Å²) >= 11 is 1.37. The molecule has 3 aromatic heterocycles. The second-order valence-electron chi connectivity index (χ2n) is 9.68. The molecule has 0 atom stereocenters. The molecule has 3 heterocycles. The summed E-state index contributed by atoms with van der Waals surface area (Å²) in [4.78, 5) is 13.8. The molecule has 0 bridgehead atoms. The number of nitrogens with zero attached hydrogens (tertiary/aromatic N) is 3. The van der Waals surface area contributed by atoms with Crippen LogP contribution in [0, 0.1) is 26.6 Å². The minimum Gasteiger partial charge on any atom is -0.456 e. The lowest BCUT2D eigenvalue weighted by Gasteiger charge is -2.22. The van der Waals surface area contributed by atoms with Crippen LogP contribution in [0.4, 0.5) is 4.39 Å². The van der Waals surface area contributed by atoms with Gasteiger partial charge in [-0.15, -0.1) is 21.5 Å². The van der Waals surface area contributed by atoms with Gasteiger partial charge in [0.05, 0.1) is 20.6 Å². The summed E-state index contributed by atoms with van der Waals surface area (Å²) in [5.74, 6) is 1.49. The summed E-state index contributed by atoms with van der Waals surface area (Å²) in [6.45, 7) is 8.70. The Labute approximate surface area is 216 Å². The summed E-state index contributed by atoms with van der Waals surface area (Å²) in [5, 5.41) is 19.3. The van der Waals surface area contributed by atoms with Crippen LogP contribution in [-0.2, 0) is 12.6 Å². The van der Waals surface area contributed by atoms with Crippen LogP contribution in [0.3, 0.4) is 0 Å². The van der Waals surface area contributed by atoms with Crippen molar-refractivity contribution in [3.63, 3.8) is 0 Å².